The van der Waals surface area contributed by atoms with Gasteiger partial charge in [0.15, 0.2) is 0 Å². The molecule has 0 spiro atoms. The molecule has 0 aliphatic rings. The van der Waals surface area contributed by atoms with E-state index in [0.717, 1.165) is 17.3 Å². The lowest BCUT2D eigenvalue weighted by Crippen LogP contribution is -2.33. The standard InChI is InChI=1S/C18H20F2N4O/c1-11(10-24-7-3-5-22-24)18(25)21-6-4-14-12(2)23-17-15(14)8-13(19)9-16(17)20/h3,5,7-9,11,23H,4,6,10H2,1-2H3,(H,21,25)/t11-/m1/s1. The molecule has 0 unspecified atom stereocenters. The van der Waals surface area contributed by atoms with Gasteiger partial charge in [-0.05, 0) is 31.0 Å². The monoisotopic (exact) mass is 346 g/mol. The summed E-state index contributed by atoms with van der Waals surface area (Å²) in [5, 5.41) is 7.48. The molecule has 132 valence electrons. The van der Waals surface area contributed by atoms with Crippen molar-refractivity contribution in [3.8, 4) is 0 Å². The van der Waals surface area contributed by atoms with Gasteiger partial charge in [-0.25, -0.2) is 8.78 Å². The van der Waals surface area contributed by atoms with Crippen LogP contribution in [0.3, 0.4) is 0 Å². The first-order valence-electron chi connectivity index (χ1n) is 8.17. The van der Waals surface area contributed by atoms with Crippen LogP contribution in [0.15, 0.2) is 30.6 Å². The number of halogens is 2. The zero-order valence-electron chi connectivity index (χ0n) is 14.1. The fourth-order valence-corrected chi connectivity index (χ4v) is 2.98. The number of amides is 1. The number of nitrogens with one attached hydrogen (secondary N) is 2. The molecule has 7 heteroatoms. The molecule has 2 heterocycles. The van der Waals surface area contributed by atoms with Gasteiger partial charge < -0.3 is 10.3 Å². The Morgan fingerprint density at radius 3 is 2.92 bits per heavy atom. The molecule has 3 rings (SSSR count). The van der Waals surface area contributed by atoms with Crippen molar-refractivity contribution in [3.05, 3.63) is 53.5 Å². The van der Waals surface area contributed by atoms with Crippen molar-refractivity contribution < 1.29 is 13.6 Å². The van der Waals surface area contributed by atoms with Gasteiger partial charge in [0.05, 0.1) is 18.0 Å². The summed E-state index contributed by atoms with van der Waals surface area (Å²) in [5.41, 5.74) is 1.89. The van der Waals surface area contributed by atoms with Crippen LogP contribution >= 0.6 is 0 Å². The molecule has 0 saturated carbocycles. The number of H-pyrrole nitrogens is 1. The number of carbonyl (C=O) groups is 1. The van der Waals surface area contributed by atoms with Crippen LogP contribution in [0.25, 0.3) is 10.9 Å². The van der Waals surface area contributed by atoms with E-state index in [1.165, 1.54) is 6.07 Å². The maximum absolute atomic E-state index is 13.8. The quantitative estimate of drug-likeness (QED) is 0.721. The van der Waals surface area contributed by atoms with E-state index >= 15 is 0 Å². The van der Waals surface area contributed by atoms with Crippen LogP contribution in [0.5, 0.6) is 0 Å². The maximum Gasteiger partial charge on any atom is 0.224 e. The van der Waals surface area contributed by atoms with Crippen LogP contribution in [0.2, 0.25) is 0 Å². The summed E-state index contributed by atoms with van der Waals surface area (Å²) >= 11 is 0. The molecule has 3 aromatic rings. The van der Waals surface area contributed by atoms with E-state index in [2.05, 4.69) is 15.4 Å². The molecule has 0 radical (unpaired) electrons. The summed E-state index contributed by atoms with van der Waals surface area (Å²) in [7, 11) is 0. The van der Waals surface area contributed by atoms with E-state index in [9.17, 15) is 13.6 Å². The van der Waals surface area contributed by atoms with Gasteiger partial charge in [0.2, 0.25) is 5.91 Å². The van der Waals surface area contributed by atoms with Crippen LogP contribution < -0.4 is 5.32 Å². The van der Waals surface area contributed by atoms with Crippen molar-refractivity contribution >= 4 is 16.8 Å². The average molecular weight is 346 g/mol. The number of benzene rings is 1. The molecule has 2 aromatic heterocycles. The number of aromatic amines is 1. The van der Waals surface area contributed by atoms with Crippen molar-refractivity contribution in [3.63, 3.8) is 0 Å². The topological polar surface area (TPSA) is 62.7 Å². The zero-order chi connectivity index (χ0) is 18.0. The minimum Gasteiger partial charge on any atom is -0.356 e. The highest BCUT2D eigenvalue weighted by atomic mass is 19.1. The van der Waals surface area contributed by atoms with Crippen LogP contribution in [0.1, 0.15) is 18.2 Å². The molecule has 5 nitrogen and oxygen atoms in total. The van der Waals surface area contributed by atoms with Crippen LogP contribution in [0.4, 0.5) is 8.78 Å². The van der Waals surface area contributed by atoms with Gasteiger partial charge in [-0.2, -0.15) is 5.10 Å². The first-order valence-corrected chi connectivity index (χ1v) is 8.17. The molecule has 2 N–H and O–H groups in total. The summed E-state index contributed by atoms with van der Waals surface area (Å²) in [6.45, 7) is 4.54. The predicted molar refractivity (Wildman–Crippen MR) is 91.1 cm³/mol. The Morgan fingerprint density at radius 1 is 1.40 bits per heavy atom. The number of nitrogens with zero attached hydrogens (tertiary/aromatic N) is 2. The third-order valence-corrected chi connectivity index (χ3v) is 4.29. The molecule has 0 saturated heterocycles. The summed E-state index contributed by atoms with van der Waals surface area (Å²) in [6, 6.07) is 3.99. The SMILES string of the molecule is Cc1[nH]c2c(F)cc(F)cc2c1CCNC(=O)[C@H](C)Cn1cccn1. The van der Waals surface area contributed by atoms with E-state index < -0.39 is 11.6 Å². The van der Waals surface area contributed by atoms with E-state index in [1.54, 1.807) is 10.9 Å². The van der Waals surface area contributed by atoms with E-state index in [-0.39, 0.29) is 11.8 Å². The molecule has 1 atom stereocenters. The lowest BCUT2D eigenvalue weighted by Gasteiger charge is -2.12. The smallest absolute Gasteiger partial charge is 0.224 e. The van der Waals surface area contributed by atoms with Crippen molar-refractivity contribution in [2.75, 3.05) is 6.54 Å². The Kier molecular flexibility index (Phi) is 4.83. The number of fused-ring (bicyclic) bond motifs is 1. The van der Waals surface area contributed by atoms with E-state index in [1.807, 2.05) is 26.1 Å². The minimum absolute atomic E-state index is 0.0784. The van der Waals surface area contributed by atoms with Crippen LogP contribution in [-0.4, -0.2) is 27.2 Å². The fraction of sp³-hybridized carbons (Fsp3) is 0.333. The van der Waals surface area contributed by atoms with Gasteiger partial charge in [-0.3, -0.25) is 9.48 Å². The van der Waals surface area contributed by atoms with Gasteiger partial charge in [-0.1, -0.05) is 6.92 Å². The highest BCUT2D eigenvalue weighted by Crippen LogP contribution is 2.25. The molecule has 0 fully saturated rings. The number of aryl methyl sites for hydroxylation is 1. The molecule has 25 heavy (non-hydrogen) atoms. The third-order valence-electron chi connectivity index (χ3n) is 4.29. The number of hydrogen-bond acceptors (Lipinski definition) is 2. The molecule has 0 aliphatic carbocycles. The van der Waals surface area contributed by atoms with Gasteiger partial charge >= 0.3 is 0 Å². The largest absolute Gasteiger partial charge is 0.356 e. The third kappa shape index (κ3) is 3.70. The highest BCUT2D eigenvalue weighted by Gasteiger charge is 2.16. The van der Waals surface area contributed by atoms with Crippen molar-refractivity contribution in [2.24, 2.45) is 5.92 Å². The normalized spacial score (nSPS) is 12.5. The first-order chi connectivity index (χ1) is 12.0. The lowest BCUT2D eigenvalue weighted by atomic mass is 10.1. The Hall–Kier alpha value is -2.70. The Morgan fingerprint density at radius 2 is 2.20 bits per heavy atom. The summed E-state index contributed by atoms with van der Waals surface area (Å²) < 4.78 is 29.0. The summed E-state index contributed by atoms with van der Waals surface area (Å²) in [6.07, 6.45) is 3.97. The highest BCUT2D eigenvalue weighted by molar-refractivity contribution is 5.85. The lowest BCUT2D eigenvalue weighted by molar-refractivity contribution is -0.124. The number of carbonyl (C=O) groups excluding carboxylic acids is 1. The Labute approximate surface area is 144 Å². The number of aromatic nitrogens is 3. The van der Waals surface area contributed by atoms with Gasteiger partial charge in [-0.15, -0.1) is 0 Å². The predicted octanol–water partition coefficient (Wildman–Crippen LogP) is 2.95. The minimum atomic E-state index is -0.610. The molecule has 1 aromatic carbocycles. The van der Waals surface area contributed by atoms with E-state index in [0.29, 0.717) is 30.4 Å². The van der Waals surface area contributed by atoms with Crippen LogP contribution in [0, 0.1) is 24.5 Å². The summed E-state index contributed by atoms with van der Waals surface area (Å²) in [4.78, 5) is 15.1. The summed E-state index contributed by atoms with van der Waals surface area (Å²) in [5.74, 6) is -1.52. The number of hydrogen-bond donors (Lipinski definition) is 2. The van der Waals surface area contributed by atoms with Crippen molar-refractivity contribution in [1.29, 1.82) is 0 Å². The number of rotatable bonds is 6. The van der Waals surface area contributed by atoms with Crippen molar-refractivity contribution in [1.82, 2.24) is 20.1 Å². The van der Waals surface area contributed by atoms with Crippen molar-refractivity contribution in [2.45, 2.75) is 26.8 Å². The molecule has 0 bridgehead atoms. The average Bonchev–Trinajstić information content (AvgIpc) is 3.16. The first kappa shape index (κ1) is 17.1. The maximum atomic E-state index is 13.8. The second-order valence-corrected chi connectivity index (χ2v) is 6.21. The molecular weight excluding hydrogens is 326 g/mol. The van der Waals surface area contributed by atoms with Gasteiger partial charge in [0.1, 0.15) is 11.6 Å². The van der Waals surface area contributed by atoms with Gasteiger partial charge in [0, 0.05) is 36.1 Å². The van der Waals surface area contributed by atoms with Crippen LogP contribution in [-0.2, 0) is 17.8 Å². The molecular formula is C18H20F2N4O. The zero-order valence-corrected chi connectivity index (χ0v) is 14.1. The van der Waals surface area contributed by atoms with Gasteiger partial charge in [0.25, 0.3) is 0 Å². The molecule has 0 aliphatic heterocycles. The molecule has 1 amide bonds. The Balaban J connectivity index is 1.63. The Bertz CT molecular complexity index is 886. The fourth-order valence-electron chi connectivity index (χ4n) is 2.98. The van der Waals surface area contributed by atoms with E-state index in [4.69, 9.17) is 0 Å². The second kappa shape index (κ2) is 7.04. The second-order valence-electron chi connectivity index (χ2n) is 6.21.